The Labute approximate surface area is 184 Å². The molecule has 2 N–H and O–H groups in total. The number of nitrogens with zero attached hydrogens (tertiary/aromatic N) is 2. The zero-order valence-corrected chi connectivity index (χ0v) is 18.4. The van der Waals surface area contributed by atoms with Crippen LogP contribution in [0.15, 0.2) is 54.6 Å². The molecule has 164 valence electrons. The molecule has 0 aromatic heterocycles. The zero-order chi connectivity index (χ0) is 21.8. The highest BCUT2D eigenvalue weighted by Gasteiger charge is 2.39. The molecule has 0 spiro atoms. The van der Waals surface area contributed by atoms with Crippen molar-refractivity contribution in [2.75, 3.05) is 42.9 Å². The van der Waals surface area contributed by atoms with Crippen molar-refractivity contribution in [1.29, 1.82) is 0 Å². The molecule has 4 rings (SSSR count). The number of benzene rings is 2. The minimum absolute atomic E-state index is 0.0494. The molecule has 1 saturated carbocycles. The molecule has 2 amide bonds. The first-order valence-electron chi connectivity index (χ1n) is 11.2. The smallest absolute Gasteiger partial charge is 0.251 e. The van der Waals surface area contributed by atoms with Crippen LogP contribution in [0.2, 0.25) is 0 Å². The van der Waals surface area contributed by atoms with Gasteiger partial charge in [-0.1, -0.05) is 31.2 Å². The first-order chi connectivity index (χ1) is 15.0. The molecular weight excluding hydrogens is 388 g/mol. The van der Waals surface area contributed by atoms with Crippen molar-refractivity contribution < 1.29 is 9.59 Å². The number of anilines is 2. The first-order valence-corrected chi connectivity index (χ1v) is 11.2. The molecule has 2 aliphatic rings. The molecular formula is C25H32N4O2. The van der Waals surface area contributed by atoms with Gasteiger partial charge in [0.25, 0.3) is 5.91 Å². The molecule has 1 saturated heterocycles. The van der Waals surface area contributed by atoms with Gasteiger partial charge >= 0.3 is 0 Å². The van der Waals surface area contributed by atoms with Gasteiger partial charge in [0, 0.05) is 61.6 Å². The summed E-state index contributed by atoms with van der Waals surface area (Å²) >= 11 is 0. The van der Waals surface area contributed by atoms with Crippen molar-refractivity contribution in [3.8, 4) is 0 Å². The van der Waals surface area contributed by atoms with Gasteiger partial charge in [-0.15, -0.1) is 0 Å². The van der Waals surface area contributed by atoms with E-state index in [-0.39, 0.29) is 23.8 Å². The van der Waals surface area contributed by atoms with Gasteiger partial charge in [0.1, 0.15) is 0 Å². The molecule has 2 aromatic carbocycles. The van der Waals surface area contributed by atoms with E-state index in [4.69, 9.17) is 0 Å². The van der Waals surface area contributed by atoms with E-state index in [2.05, 4.69) is 58.5 Å². The summed E-state index contributed by atoms with van der Waals surface area (Å²) in [5.74, 6) is 0.516. The minimum Gasteiger partial charge on any atom is -0.369 e. The van der Waals surface area contributed by atoms with Crippen molar-refractivity contribution in [1.82, 2.24) is 10.2 Å². The van der Waals surface area contributed by atoms with Crippen LogP contribution in [0.4, 0.5) is 11.4 Å². The van der Waals surface area contributed by atoms with Gasteiger partial charge in [-0.05, 0) is 49.6 Å². The van der Waals surface area contributed by atoms with Crippen molar-refractivity contribution in [2.24, 2.45) is 11.8 Å². The Morgan fingerprint density at radius 2 is 1.74 bits per heavy atom. The van der Waals surface area contributed by atoms with Crippen molar-refractivity contribution in [3.05, 3.63) is 60.2 Å². The summed E-state index contributed by atoms with van der Waals surface area (Å²) in [7, 11) is 0. The monoisotopic (exact) mass is 420 g/mol. The van der Waals surface area contributed by atoms with E-state index in [1.165, 1.54) is 5.69 Å². The molecule has 0 radical (unpaired) electrons. The molecule has 1 aliphatic carbocycles. The van der Waals surface area contributed by atoms with Gasteiger partial charge < -0.3 is 15.5 Å². The van der Waals surface area contributed by atoms with Gasteiger partial charge in [-0.25, -0.2) is 0 Å². The molecule has 0 bridgehead atoms. The standard InChI is InChI=1S/C25H32N4O2/c1-18-15-23(18)25(31)27-21-8-6-7-20(16-21)24(30)26-17-19(2)28-11-13-29(14-12-28)22-9-4-3-5-10-22/h3-10,16,18-19,23H,11-15,17H2,1-2H3,(H,26,30)(H,27,31). The van der Waals surface area contributed by atoms with Gasteiger partial charge in [-0.3, -0.25) is 14.5 Å². The lowest BCUT2D eigenvalue weighted by Gasteiger charge is -2.39. The zero-order valence-electron chi connectivity index (χ0n) is 18.4. The second kappa shape index (κ2) is 9.52. The maximum absolute atomic E-state index is 12.7. The van der Waals surface area contributed by atoms with Crippen LogP contribution in [-0.2, 0) is 4.79 Å². The van der Waals surface area contributed by atoms with Gasteiger partial charge in [-0.2, -0.15) is 0 Å². The van der Waals surface area contributed by atoms with Crippen LogP contribution in [0.25, 0.3) is 0 Å². The fourth-order valence-corrected chi connectivity index (χ4v) is 4.19. The van der Waals surface area contributed by atoms with Gasteiger partial charge in [0.15, 0.2) is 0 Å². The van der Waals surface area contributed by atoms with Crippen LogP contribution in [0.1, 0.15) is 30.6 Å². The maximum Gasteiger partial charge on any atom is 0.251 e. The third-order valence-corrected chi connectivity index (χ3v) is 6.46. The predicted molar refractivity (Wildman–Crippen MR) is 124 cm³/mol. The lowest BCUT2D eigenvalue weighted by molar-refractivity contribution is -0.117. The predicted octanol–water partition coefficient (Wildman–Crippen LogP) is 3.22. The quantitative estimate of drug-likeness (QED) is 0.722. The van der Waals surface area contributed by atoms with Crippen molar-refractivity contribution >= 4 is 23.2 Å². The average Bonchev–Trinajstić information content (AvgIpc) is 3.55. The summed E-state index contributed by atoms with van der Waals surface area (Å²) in [5, 5.41) is 5.99. The van der Waals surface area contributed by atoms with Crippen LogP contribution in [-0.4, -0.2) is 55.5 Å². The number of carbonyl (C=O) groups excluding carboxylic acids is 2. The van der Waals surface area contributed by atoms with E-state index < -0.39 is 0 Å². The maximum atomic E-state index is 12.7. The highest BCUT2D eigenvalue weighted by molar-refractivity contribution is 5.98. The third-order valence-electron chi connectivity index (χ3n) is 6.46. The number of piperazine rings is 1. The summed E-state index contributed by atoms with van der Waals surface area (Å²) in [4.78, 5) is 29.6. The van der Waals surface area contributed by atoms with E-state index >= 15 is 0 Å². The lowest BCUT2D eigenvalue weighted by atomic mass is 10.1. The lowest BCUT2D eigenvalue weighted by Crippen LogP contribution is -2.52. The molecule has 2 fully saturated rings. The molecule has 2 aromatic rings. The SMILES string of the molecule is CC1CC1C(=O)Nc1cccc(C(=O)NCC(C)N2CCN(c3ccccc3)CC2)c1. The molecule has 6 nitrogen and oxygen atoms in total. The number of hydrogen-bond donors (Lipinski definition) is 2. The van der Waals surface area contributed by atoms with Crippen molar-refractivity contribution in [2.45, 2.75) is 26.3 Å². The first kappa shape index (κ1) is 21.4. The Morgan fingerprint density at radius 1 is 1.03 bits per heavy atom. The minimum atomic E-state index is -0.106. The number of para-hydroxylation sites is 1. The third kappa shape index (κ3) is 5.44. The van der Waals surface area contributed by atoms with Crippen LogP contribution in [0.3, 0.4) is 0 Å². The van der Waals surface area contributed by atoms with Crippen LogP contribution in [0.5, 0.6) is 0 Å². The van der Waals surface area contributed by atoms with Crippen LogP contribution >= 0.6 is 0 Å². The van der Waals surface area contributed by atoms with E-state index in [1.54, 1.807) is 12.1 Å². The number of rotatable bonds is 7. The normalized spacial score (nSPS) is 21.9. The number of hydrogen-bond acceptors (Lipinski definition) is 4. The van der Waals surface area contributed by atoms with Crippen LogP contribution < -0.4 is 15.5 Å². The molecule has 1 aliphatic heterocycles. The molecule has 3 atom stereocenters. The van der Waals surface area contributed by atoms with Gasteiger partial charge in [0.05, 0.1) is 0 Å². The molecule has 31 heavy (non-hydrogen) atoms. The fraction of sp³-hybridized carbons (Fsp3) is 0.440. The van der Waals surface area contributed by atoms with E-state index in [0.29, 0.717) is 23.7 Å². The Morgan fingerprint density at radius 3 is 2.42 bits per heavy atom. The van der Waals surface area contributed by atoms with E-state index in [0.717, 1.165) is 32.6 Å². The van der Waals surface area contributed by atoms with E-state index in [9.17, 15) is 9.59 Å². The number of nitrogens with one attached hydrogen (secondary N) is 2. The molecule has 6 heteroatoms. The van der Waals surface area contributed by atoms with Crippen LogP contribution in [0, 0.1) is 11.8 Å². The Kier molecular flexibility index (Phi) is 6.56. The largest absolute Gasteiger partial charge is 0.369 e. The second-order valence-corrected chi connectivity index (χ2v) is 8.81. The summed E-state index contributed by atoms with van der Waals surface area (Å²) in [5.41, 5.74) is 2.52. The highest BCUT2D eigenvalue weighted by Crippen LogP contribution is 2.38. The summed E-state index contributed by atoms with van der Waals surface area (Å²) in [6.07, 6.45) is 0.948. The second-order valence-electron chi connectivity index (χ2n) is 8.81. The average molecular weight is 421 g/mol. The fourth-order valence-electron chi connectivity index (χ4n) is 4.19. The molecule has 3 unspecified atom stereocenters. The Hall–Kier alpha value is -2.86. The molecule has 1 heterocycles. The highest BCUT2D eigenvalue weighted by atomic mass is 16.2. The number of amides is 2. The topological polar surface area (TPSA) is 64.7 Å². The van der Waals surface area contributed by atoms with E-state index in [1.807, 2.05) is 18.2 Å². The Balaban J connectivity index is 1.24. The summed E-state index contributed by atoms with van der Waals surface area (Å²) < 4.78 is 0. The summed E-state index contributed by atoms with van der Waals surface area (Å²) in [6.45, 7) is 8.77. The number of carbonyl (C=O) groups is 2. The Bertz CT molecular complexity index is 909. The van der Waals surface area contributed by atoms with Crippen molar-refractivity contribution in [3.63, 3.8) is 0 Å². The van der Waals surface area contributed by atoms with Gasteiger partial charge in [0.2, 0.25) is 5.91 Å². The summed E-state index contributed by atoms with van der Waals surface area (Å²) in [6, 6.07) is 18.0.